The second-order valence-corrected chi connectivity index (χ2v) is 6.62. The highest BCUT2D eigenvalue weighted by Crippen LogP contribution is 2.29. The molecule has 0 atom stereocenters. The van der Waals surface area contributed by atoms with Crippen LogP contribution in [0.3, 0.4) is 0 Å². The molecule has 0 amide bonds. The SMILES string of the molecule is CCOC(=O)CC(C)(Br)Br. The van der Waals surface area contributed by atoms with E-state index in [4.69, 9.17) is 4.74 Å². The number of esters is 1. The van der Waals surface area contributed by atoms with Crippen LogP contribution in [0.25, 0.3) is 0 Å². The molecule has 0 aliphatic rings. The van der Waals surface area contributed by atoms with Crippen LogP contribution < -0.4 is 0 Å². The van der Waals surface area contributed by atoms with Gasteiger partial charge in [0.1, 0.15) is 0 Å². The number of halogens is 2. The summed E-state index contributed by atoms with van der Waals surface area (Å²) in [6, 6.07) is 0. The summed E-state index contributed by atoms with van der Waals surface area (Å²) in [4.78, 5) is 10.8. The van der Waals surface area contributed by atoms with E-state index in [1.165, 1.54) is 0 Å². The topological polar surface area (TPSA) is 26.3 Å². The Morgan fingerprint density at radius 2 is 2.10 bits per heavy atom. The maximum Gasteiger partial charge on any atom is 0.308 e. The summed E-state index contributed by atoms with van der Waals surface area (Å²) in [5.74, 6) is -0.196. The van der Waals surface area contributed by atoms with Crippen LogP contribution in [0.15, 0.2) is 0 Å². The van der Waals surface area contributed by atoms with Gasteiger partial charge in [0.15, 0.2) is 0 Å². The third kappa shape index (κ3) is 6.55. The lowest BCUT2D eigenvalue weighted by molar-refractivity contribution is -0.143. The molecule has 0 saturated carbocycles. The van der Waals surface area contributed by atoms with Crippen molar-refractivity contribution in [1.82, 2.24) is 0 Å². The second kappa shape index (κ2) is 4.34. The van der Waals surface area contributed by atoms with E-state index in [0.717, 1.165) is 0 Å². The molecule has 10 heavy (non-hydrogen) atoms. The molecule has 0 aromatic rings. The van der Waals surface area contributed by atoms with Crippen LogP contribution >= 0.6 is 31.9 Å². The molecular formula is C6H10Br2O2. The fraction of sp³-hybridized carbons (Fsp3) is 0.833. The van der Waals surface area contributed by atoms with Crippen molar-refractivity contribution in [1.29, 1.82) is 0 Å². The van der Waals surface area contributed by atoms with Crippen LogP contribution in [0, 0.1) is 0 Å². The highest BCUT2D eigenvalue weighted by atomic mass is 79.9. The number of hydrogen-bond donors (Lipinski definition) is 0. The van der Waals surface area contributed by atoms with E-state index in [9.17, 15) is 4.79 Å². The Morgan fingerprint density at radius 3 is 2.40 bits per heavy atom. The number of carbonyl (C=O) groups excluding carboxylic acids is 1. The number of ether oxygens (including phenoxy) is 1. The van der Waals surface area contributed by atoms with E-state index in [2.05, 4.69) is 31.9 Å². The molecule has 0 bridgehead atoms. The summed E-state index contributed by atoms with van der Waals surface area (Å²) in [7, 11) is 0. The van der Waals surface area contributed by atoms with Gasteiger partial charge < -0.3 is 4.74 Å². The van der Waals surface area contributed by atoms with Gasteiger partial charge in [-0.2, -0.15) is 0 Å². The van der Waals surface area contributed by atoms with Gasteiger partial charge >= 0.3 is 5.97 Å². The molecule has 4 heteroatoms. The Balaban J connectivity index is 3.58. The molecule has 0 fully saturated rings. The van der Waals surface area contributed by atoms with E-state index >= 15 is 0 Å². The lowest BCUT2D eigenvalue weighted by atomic mass is 10.3. The van der Waals surface area contributed by atoms with Crippen LogP contribution in [0.1, 0.15) is 20.3 Å². The summed E-state index contributed by atoms with van der Waals surface area (Å²) in [5, 5.41) is 0. The minimum atomic E-state index is -0.327. The highest BCUT2D eigenvalue weighted by Gasteiger charge is 2.20. The standard InChI is InChI=1S/C6H10Br2O2/c1-3-10-5(9)4-6(2,7)8/h3-4H2,1-2H3. The summed E-state index contributed by atoms with van der Waals surface area (Å²) in [6.07, 6.45) is 0.334. The largest absolute Gasteiger partial charge is 0.466 e. The smallest absolute Gasteiger partial charge is 0.308 e. The average molecular weight is 274 g/mol. The van der Waals surface area contributed by atoms with E-state index < -0.39 is 0 Å². The van der Waals surface area contributed by atoms with Gasteiger partial charge in [0.05, 0.1) is 16.3 Å². The van der Waals surface area contributed by atoms with Crippen molar-refractivity contribution >= 4 is 37.8 Å². The highest BCUT2D eigenvalue weighted by molar-refractivity contribution is 9.25. The lowest BCUT2D eigenvalue weighted by Crippen LogP contribution is -2.15. The first-order valence-electron chi connectivity index (χ1n) is 2.99. The van der Waals surface area contributed by atoms with Crippen molar-refractivity contribution in [2.45, 2.75) is 23.5 Å². The van der Waals surface area contributed by atoms with Crippen molar-refractivity contribution in [2.24, 2.45) is 0 Å². The molecule has 0 aromatic heterocycles. The molecule has 0 radical (unpaired) electrons. The minimum Gasteiger partial charge on any atom is -0.466 e. The number of hydrogen-bond acceptors (Lipinski definition) is 2. The molecule has 0 unspecified atom stereocenters. The molecule has 0 aliphatic carbocycles. The molecule has 0 aromatic carbocycles. The fourth-order valence-corrected chi connectivity index (χ4v) is 0.923. The Morgan fingerprint density at radius 1 is 1.60 bits per heavy atom. The summed E-state index contributed by atoms with van der Waals surface area (Å²) < 4.78 is 4.39. The Hall–Kier alpha value is 0.430. The zero-order valence-electron chi connectivity index (χ0n) is 5.99. The van der Waals surface area contributed by atoms with Crippen molar-refractivity contribution < 1.29 is 9.53 Å². The van der Waals surface area contributed by atoms with Crippen molar-refractivity contribution in [3.63, 3.8) is 0 Å². The van der Waals surface area contributed by atoms with Gasteiger partial charge in [-0.25, -0.2) is 0 Å². The third-order valence-corrected chi connectivity index (χ3v) is 1.32. The first-order valence-corrected chi connectivity index (χ1v) is 4.58. The predicted octanol–water partition coefficient (Wildman–Crippen LogP) is 2.45. The van der Waals surface area contributed by atoms with Gasteiger partial charge in [0.25, 0.3) is 0 Å². The van der Waals surface area contributed by atoms with Crippen LogP contribution in [-0.2, 0) is 9.53 Å². The van der Waals surface area contributed by atoms with E-state index in [-0.39, 0.29) is 9.20 Å². The molecule has 0 spiro atoms. The molecule has 2 nitrogen and oxygen atoms in total. The third-order valence-electron chi connectivity index (χ3n) is 0.760. The fourth-order valence-electron chi connectivity index (χ4n) is 0.465. The molecule has 0 N–H and O–H groups in total. The quantitative estimate of drug-likeness (QED) is 0.583. The second-order valence-electron chi connectivity index (χ2n) is 2.05. The number of carbonyl (C=O) groups is 1. The number of rotatable bonds is 3. The molecule has 0 saturated heterocycles. The Kier molecular flexibility index (Phi) is 4.52. The Bertz CT molecular complexity index is 117. The first kappa shape index (κ1) is 10.4. The first-order chi connectivity index (χ1) is 4.45. The molecule has 0 aliphatic heterocycles. The molecule has 0 rings (SSSR count). The van der Waals surface area contributed by atoms with Gasteiger partial charge in [-0.3, -0.25) is 4.79 Å². The monoisotopic (exact) mass is 272 g/mol. The maximum absolute atomic E-state index is 10.8. The maximum atomic E-state index is 10.8. The molecule has 0 heterocycles. The zero-order valence-corrected chi connectivity index (χ0v) is 9.16. The summed E-state index contributed by atoms with van der Waals surface area (Å²) in [5.41, 5.74) is 0. The summed E-state index contributed by atoms with van der Waals surface area (Å²) in [6.45, 7) is 4.08. The van der Waals surface area contributed by atoms with Crippen LogP contribution in [0.5, 0.6) is 0 Å². The van der Waals surface area contributed by atoms with Gasteiger partial charge in [-0.15, -0.1) is 0 Å². The average Bonchev–Trinajstić information content (AvgIpc) is 1.59. The minimum absolute atomic E-state index is 0.196. The zero-order chi connectivity index (χ0) is 8.20. The molecular weight excluding hydrogens is 264 g/mol. The van der Waals surface area contributed by atoms with Gasteiger partial charge in [0, 0.05) is 0 Å². The van der Waals surface area contributed by atoms with E-state index in [0.29, 0.717) is 13.0 Å². The Labute approximate surface area is 77.6 Å². The summed E-state index contributed by atoms with van der Waals surface area (Å²) >= 11 is 6.53. The van der Waals surface area contributed by atoms with Crippen LogP contribution in [0.2, 0.25) is 0 Å². The van der Waals surface area contributed by atoms with Crippen LogP contribution in [0.4, 0.5) is 0 Å². The lowest BCUT2D eigenvalue weighted by Gasteiger charge is -2.11. The van der Waals surface area contributed by atoms with Crippen molar-refractivity contribution in [2.75, 3.05) is 6.61 Å². The van der Waals surface area contributed by atoms with Crippen molar-refractivity contribution in [3.8, 4) is 0 Å². The van der Waals surface area contributed by atoms with E-state index in [1.54, 1.807) is 6.92 Å². The van der Waals surface area contributed by atoms with Gasteiger partial charge in [-0.05, 0) is 13.8 Å². The van der Waals surface area contributed by atoms with Gasteiger partial charge in [0.2, 0.25) is 0 Å². The predicted molar refractivity (Wildman–Crippen MR) is 47.5 cm³/mol. The normalized spacial score (nSPS) is 11.2. The van der Waals surface area contributed by atoms with Gasteiger partial charge in [-0.1, -0.05) is 31.9 Å². The number of alkyl halides is 2. The van der Waals surface area contributed by atoms with Crippen molar-refractivity contribution in [3.05, 3.63) is 0 Å². The van der Waals surface area contributed by atoms with Crippen LogP contribution in [-0.4, -0.2) is 15.8 Å². The molecule has 60 valence electrons. The van der Waals surface area contributed by atoms with E-state index in [1.807, 2.05) is 6.92 Å².